The third-order valence-electron chi connectivity index (χ3n) is 11.5. The Bertz CT molecular complexity index is 3240. The minimum atomic E-state index is 1.12. The van der Waals surface area contributed by atoms with Crippen LogP contribution >= 0.6 is 102 Å². The highest BCUT2D eigenvalue weighted by molar-refractivity contribution is 7.29. The average molecular weight is 1030 g/mol. The molecule has 0 spiro atoms. The largest absolute Gasteiger partial charge is 0.311 e. The van der Waals surface area contributed by atoms with Crippen LogP contribution in [0.2, 0.25) is 0 Å². The van der Waals surface area contributed by atoms with Crippen molar-refractivity contribution < 1.29 is 0 Å². The monoisotopic (exact) mass is 1030 g/mol. The highest BCUT2D eigenvalue weighted by Crippen LogP contribution is 2.46. The van der Waals surface area contributed by atoms with Gasteiger partial charge in [-0.1, -0.05) is 36.4 Å². The Balaban J connectivity index is 0.827. The van der Waals surface area contributed by atoms with E-state index in [4.69, 9.17) is 0 Å². The number of hydrogen-bond donors (Lipinski definition) is 0. The van der Waals surface area contributed by atoms with Crippen molar-refractivity contribution in [3.63, 3.8) is 0 Å². The normalized spacial score (nSPS) is 11.5. The summed E-state index contributed by atoms with van der Waals surface area (Å²) in [4.78, 5) is 26.2. The van der Waals surface area contributed by atoms with Gasteiger partial charge in [-0.25, -0.2) is 0 Å². The molecule has 0 aliphatic carbocycles. The van der Waals surface area contributed by atoms with Crippen LogP contribution in [-0.4, -0.2) is 0 Å². The molecule has 0 bridgehead atoms. The quantitative estimate of drug-likeness (QED) is 0.118. The van der Waals surface area contributed by atoms with Crippen LogP contribution in [0.1, 0.15) is 14.6 Å². The van der Waals surface area contributed by atoms with Gasteiger partial charge in [0.1, 0.15) is 0 Å². The number of rotatable bonds is 12. The molecular weight excluding hydrogens is 987 g/mol. The maximum absolute atomic E-state index is 2.38. The van der Waals surface area contributed by atoms with Crippen molar-refractivity contribution in [3.8, 4) is 89.8 Å². The van der Waals surface area contributed by atoms with Gasteiger partial charge in [0.2, 0.25) is 0 Å². The Labute approximate surface area is 427 Å². The van der Waals surface area contributed by atoms with E-state index in [0.29, 0.717) is 0 Å². The van der Waals surface area contributed by atoms with E-state index < -0.39 is 0 Å². The third-order valence-corrected chi connectivity index (χ3v) is 22.4. The number of anilines is 3. The third kappa shape index (κ3) is 8.87. The first kappa shape index (κ1) is 43.1. The summed E-state index contributed by atoms with van der Waals surface area (Å²) in [5, 5.41) is 0. The van der Waals surface area contributed by atoms with Crippen LogP contribution in [-0.2, 0) is 0 Å². The Kier molecular flexibility index (Phi) is 11.8. The topological polar surface area (TPSA) is 3.24 Å². The maximum Gasteiger partial charge on any atom is 0.0462 e. The van der Waals surface area contributed by atoms with Gasteiger partial charge in [0.25, 0.3) is 0 Å². The highest BCUT2D eigenvalue weighted by Gasteiger charge is 2.17. The molecule has 3 aromatic carbocycles. The number of benzene rings is 3. The lowest BCUT2D eigenvalue weighted by atomic mass is 10.1. The van der Waals surface area contributed by atoms with Crippen molar-refractivity contribution in [2.45, 2.75) is 20.8 Å². The molecule has 0 saturated heterocycles. The molecule has 10 heteroatoms. The lowest BCUT2D eigenvalue weighted by Gasteiger charge is -2.26. The Hall–Kier alpha value is -5.24. The first-order valence-electron chi connectivity index (χ1n) is 21.8. The van der Waals surface area contributed by atoms with Crippen LogP contribution in [0.15, 0.2) is 182 Å². The zero-order valence-corrected chi connectivity index (χ0v) is 43.8. The minimum Gasteiger partial charge on any atom is -0.311 e. The summed E-state index contributed by atoms with van der Waals surface area (Å²) in [6.45, 7) is 6.53. The molecule has 9 heterocycles. The summed E-state index contributed by atoms with van der Waals surface area (Å²) in [5.74, 6) is 0. The lowest BCUT2D eigenvalue weighted by molar-refractivity contribution is 1.28. The predicted molar refractivity (Wildman–Crippen MR) is 305 cm³/mol. The van der Waals surface area contributed by atoms with E-state index in [1.165, 1.54) is 104 Å². The van der Waals surface area contributed by atoms with Crippen LogP contribution in [0, 0.1) is 20.8 Å². The summed E-state index contributed by atoms with van der Waals surface area (Å²) >= 11 is 16.8. The second-order valence-corrected chi connectivity index (χ2v) is 26.6. The van der Waals surface area contributed by atoms with Gasteiger partial charge >= 0.3 is 0 Å². The van der Waals surface area contributed by atoms with Gasteiger partial charge < -0.3 is 4.90 Å². The van der Waals surface area contributed by atoms with Gasteiger partial charge in [-0.2, -0.15) is 0 Å². The average Bonchev–Trinajstić information content (AvgIpc) is 4.19. The van der Waals surface area contributed by atoms with Gasteiger partial charge in [0, 0.05) is 105 Å². The summed E-state index contributed by atoms with van der Waals surface area (Å²) in [6, 6.07) is 67.9. The Morgan fingerprint density at radius 2 is 0.373 bits per heavy atom. The van der Waals surface area contributed by atoms with Crippen molar-refractivity contribution in [2.24, 2.45) is 0 Å². The molecule has 12 aromatic rings. The maximum atomic E-state index is 2.38. The lowest BCUT2D eigenvalue weighted by Crippen LogP contribution is -2.09. The van der Waals surface area contributed by atoms with Gasteiger partial charge in [0.05, 0.1) is 0 Å². The summed E-state index contributed by atoms with van der Waals surface area (Å²) in [7, 11) is 0. The standard InChI is InChI=1S/C57H39NS9/c1-34-4-19-46(59-34)49-28-31-55(65-49)52-25-22-43(62-52)37-7-13-40(14-8-37)58(41-15-9-38(10-16-41)44-23-26-53(63-44)56-32-29-50(66-56)47-20-5-35(2)60-47)42-17-11-39(12-18-42)45-24-27-54(64-45)57-33-30-51(67-57)48-21-6-36(3)61-48/h4-33H,1-3H3. The van der Waals surface area contributed by atoms with E-state index in [1.807, 2.05) is 102 Å². The summed E-state index contributed by atoms with van der Waals surface area (Å²) in [6.07, 6.45) is 0. The molecule has 0 N–H and O–H groups in total. The summed E-state index contributed by atoms with van der Waals surface area (Å²) in [5.41, 5.74) is 7.04. The molecular formula is C57H39NS9. The summed E-state index contributed by atoms with van der Waals surface area (Å²) < 4.78 is 0. The van der Waals surface area contributed by atoms with Crippen LogP contribution < -0.4 is 4.90 Å². The SMILES string of the molecule is Cc1ccc(-c2ccc(-c3ccc(-c4ccc(N(c5ccc(-c6ccc(-c7ccc(-c8ccc(C)s8)s7)s6)cc5)c5ccc(-c6ccc(-c7ccc(-c8ccc(C)s8)s7)s6)cc5)cc4)s3)s2)s1. The molecule has 67 heavy (non-hydrogen) atoms. The van der Waals surface area contributed by atoms with E-state index in [2.05, 4.69) is 208 Å². The first-order chi connectivity index (χ1) is 32.8. The highest BCUT2D eigenvalue weighted by atomic mass is 32.1. The molecule has 0 aliphatic heterocycles. The van der Waals surface area contributed by atoms with E-state index >= 15 is 0 Å². The molecule has 0 amide bonds. The van der Waals surface area contributed by atoms with Crippen LogP contribution in [0.3, 0.4) is 0 Å². The van der Waals surface area contributed by atoms with E-state index in [0.717, 1.165) is 17.1 Å². The Morgan fingerprint density at radius 3 is 0.582 bits per heavy atom. The second kappa shape index (κ2) is 18.3. The molecule has 326 valence electrons. The van der Waals surface area contributed by atoms with Crippen LogP contribution in [0.25, 0.3) is 89.8 Å². The van der Waals surface area contributed by atoms with Gasteiger partial charge in [0.15, 0.2) is 0 Å². The smallest absolute Gasteiger partial charge is 0.0462 e. The van der Waals surface area contributed by atoms with E-state index in [-0.39, 0.29) is 0 Å². The van der Waals surface area contributed by atoms with Gasteiger partial charge in [-0.15, -0.1) is 102 Å². The number of nitrogens with zero attached hydrogens (tertiary/aromatic N) is 1. The van der Waals surface area contributed by atoms with Crippen molar-refractivity contribution in [3.05, 3.63) is 197 Å². The molecule has 9 aromatic heterocycles. The van der Waals surface area contributed by atoms with Crippen molar-refractivity contribution in [1.82, 2.24) is 0 Å². The van der Waals surface area contributed by atoms with Crippen molar-refractivity contribution in [2.75, 3.05) is 4.90 Å². The van der Waals surface area contributed by atoms with E-state index in [1.54, 1.807) is 0 Å². The fourth-order valence-corrected chi connectivity index (χ4v) is 17.4. The molecule has 0 unspecified atom stereocenters. The van der Waals surface area contributed by atoms with Crippen molar-refractivity contribution in [1.29, 1.82) is 0 Å². The zero-order chi connectivity index (χ0) is 45.0. The number of hydrogen-bond acceptors (Lipinski definition) is 10. The van der Waals surface area contributed by atoms with Gasteiger partial charge in [-0.3, -0.25) is 0 Å². The minimum absolute atomic E-state index is 1.12. The van der Waals surface area contributed by atoms with Crippen LogP contribution in [0.4, 0.5) is 17.1 Å². The molecule has 0 saturated carbocycles. The number of thiophene rings is 9. The molecule has 12 rings (SSSR count). The Morgan fingerprint density at radius 1 is 0.194 bits per heavy atom. The number of aryl methyl sites for hydroxylation is 3. The molecule has 0 aliphatic rings. The van der Waals surface area contributed by atoms with E-state index in [9.17, 15) is 0 Å². The van der Waals surface area contributed by atoms with Crippen LogP contribution in [0.5, 0.6) is 0 Å². The fraction of sp³-hybridized carbons (Fsp3) is 0.0526. The zero-order valence-electron chi connectivity index (χ0n) is 36.4. The van der Waals surface area contributed by atoms with Gasteiger partial charge in [-0.05, 0) is 183 Å². The molecule has 0 atom stereocenters. The second-order valence-electron chi connectivity index (χ2n) is 16.2. The predicted octanol–water partition coefficient (Wildman–Crippen LogP) is 21.6. The molecule has 0 radical (unpaired) electrons. The fourth-order valence-electron chi connectivity index (χ4n) is 8.16. The van der Waals surface area contributed by atoms with Crippen molar-refractivity contribution >= 4 is 119 Å². The molecule has 0 fully saturated rings. The first-order valence-corrected chi connectivity index (χ1v) is 29.1. The molecule has 1 nitrogen and oxygen atoms in total.